The van der Waals surface area contributed by atoms with Crippen LogP contribution in [0, 0.1) is 17.8 Å². The third-order valence-electron chi connectivity index (χ3n) is 7.00. The smallest absolute Gasteiger partial charge is 0.340 e. The molecule has 0 radical (unpaired) electrons. The highest BCUT2D eigenvalue weighted by molar-refractivity contribution is 6.30. The Hall–Kier alpha value is -1.77. The largest absolute Gasteiger partial charge is 0.441 e. The van der Waals surface area contributed by atoms with Gasteiger partial charge in [0.2, 0.25) is 0 Å². The molecule has 0 spiro atoms. The number of hydrogen-bond donors (Lipinski definition) is 0. The Kier molecular flexibility index (Phi) is 6.79. The fraction of sp³-hybridized carbons (Fsp3) is 0.444. The number of rotatable bonds is 6. The molecule has 2 aromatic carbocycles. The first kappa shape index (κ1) is 22.4. The van der Waals surface area contributed by atoms with Crippen LogP contribution in [0.5, 0.6) is 0 Å². The van der Waals surface area contributed by atoms with Crippen molar-refractivity contribution in [1.29, 1.82) is 0 Å². The lowest BCUT2D eigenvalue weighted by Gasteiger charge is -2.36. The summed E-state index contributed by atoms with van der Waals surface area (Å²) in [5.74, 6) is 2.78. The fourth-order valence-corrected chi connectivity index (χ4v) is 5.68. The van der Waals surface area contributed by atoms with E-state index < -0.39 is 0 Å². The van der Waals surface area contributed by atoms with Crippen molar-refractivity contribution < 1.29 is 9.31 Å². The Balaban J connectivity index is 1.90. The van der Waals surface area contributed by atoms with Gasteiger partial charge in [-0.15, -0.1) is 6.58 Å². The van der Waals surface area contributed by atoms with Crippen molar-refractivity contribution in [2.75, 3.05) is 6.61 Å². The molecule has 2 aromatic rings. The van der Waals surface area contributed by atoms with Crippen LogP contribution in [-0.4, -0.2) is 23.1 Å². The van der Waals surface area contributed by atoms with Gasteiger partial charge >= 0.3 is 5.90 Å². The Morgan fingerprint density at radius 1 is 1.06 bits per heavy atom. The van der Waals surface area contributed by atoms with Crippen molar-refractivity contribution >= 4 is 29.1 Å². The van der Waals surface area contributed by atoms with Crippen molar-refractivity contribution in [1.82, 2.24) is 0 Å². The van der Waals surface area contributed by atoms with E-state index in [1.807, 2.05) is 24.3 Å². The predicted molar refractivity (Wildman–Crippen MR) is 130 cm³/mol. The van der Waals surface area contributed by atoms with E-state index in [2.05, 4.69) is 62.3 Å². The molecule has 164 valence electrons. The Labute approximate surface area is 196 Å². The van der Waals surface area contributed by atoms with Crippen LogP contribution in [0.4, 0.5) is 0 Å². The van der Waals surface area contributed by atoms with E-state index in [1.165, 1.54) is 11.1 Å². The molecule has 0 fully saturated rings. The molecule has 2 aliphatic heterocycles. The summed E-state index contributed by atoms with van der Waals surface area (Å²) in [6.07, 6.45) is 4.04. The van der Waals surface area contributed by atoms with Gasteiger partial charge in [0.05, 0.1) is 11.8 Å². The molecule has 2 unspecified atom stereocenters. The molecular weight excluding hydrogens is 425 g/mol. The molecule has 4 heteroatoms. The second-order valence-electron chi connectivity index (χ2n) is 9.37. The molecule has 2 heterocycles. The minimum absolute atomic E-state index is 0.188. The number of allylic oxidation sites excluding steroid dienone is 1. The summed E-state index contributed by atoms with van der Waals surface area (Å²) in [7, 11) is 0. The van der Waals surface area contributed by atoms with Gasteiger partial charge in [-0.05, 0) is 48.6 Å². The average molecular weight is 457 g/mol. The molecular formula is C27H32Cl2NO+. The molecule has 5 atom stereocenters. The third-order valence-corrected chi connectivity index (χ3v) is 7.49. The van der Waals surface area contributed by atoms with E-state index in [4.69, 9.17) is 27.9 Å². The zero-order valence-corrected chi connectivity index (χ0v) is 20.1. The van der Waals surface area contributed by atoms with Crippen molar-refractivity contribution in [3.8, 4) is 0 Å². The molecule has 0 amide bonds. The molecule has 0 saturated carbocycles. The molecule has 0 aliphatic carbocycles. The van der Waals surface area contributed by atoms with Crippen LogP contribution in [0.3, 0.4) is 0 Å². The maximum atomic E-state index is 6.45. The fourth-order valence-electron chi connectivity index (χ4n) is 5.35. The lowest BCUT2D eigenvalue weighted by atomic mass is 9.73. The number of hydrogen-bond acceptors (Lipinski definition) is 1. The number of halogens is 2. The average Bonchev–Trinajstić information content (AvgIpc) is 3.19. The molecule has 4 rings (SSSR count). The summed E-state index contributed by atoms with van der Waals surface area (Å²) < 4.78 is 9.04. The van der Waals surface area contributed by atoms with Gasteiger partial charge in [-0.2, -0.15) is 4.58 Å². The summed E-state index contributed by atoms with van der Waals surface area (Å²) >= 11 is 12.7. The Morgan fingerprint density at radius 3 is 2.45 bits per heavy atom. The van der Waals surface area contributed by atoms with E-state index >= 15 is 0 Å². The summed E-state index contributed by atoms with van der Waals surface area (Å²) in [6.45, 7) is 11.6. The lowest BCUT2D eigenvalue weighted by Crippen LogP contribution is -2.44. The number of ether oxygens (including phenoxy) is 1. The lowest BCUT2D eigenvalue weighted by molar-refractivity contribution is -0.615. The molecule has 31 heavy (non-hydrogen) atoms. The summed E-state index contributed by atoms with van der Waals surface area (Å²) in [5.41, 5.74) is 2.56. The SMILES string of the molecule is C=CC[C@@H](C)[C@H]1C[C@H](c2cccc(Cl)c2)C(c2ccc(Cl)cc2)[N+]2=C1OCC2C(C)C. The summed E-state index contributed by atoms with van der Waals surface area (Å²) in [6, 6.07) is 17.3. The van der Waals surface area contributed by atoms with Gasteiger partial charge in [0.25, 0.3) is 0 Å². The standard InChI is InChI=1S/C27H32Cl2NO/c1-5-7-18(4)23-15-24(20-8-6-9-22(29)14-20)26(19-10-12-21(28)13-11-19)30-25(17(2)3)16-31-27(23)30/h5-6,8-14,17-18,23-26H,1,7,15-16H2,2-4H3/q+1/t18-,23-,24-,25?,26?/m1/s1. The van der Waals surface area contributed by atoms with Crippen LogP contribution in [0.2, 0.25) is 10.0 Å². The van der Waals surface area contributed by atoms with E-state index in [-0.39, 0.29) is 6.04 Å². The van der Waals surface area contributed by atoms with Gasteiger partial charge in [0.15, 0.2) is 18.7 Å². The zero-order valence-electron chi connectivity index (χ0n) is 18.6. The number of benzene rings is 2. The highest BCUT2D eigenvalue weighted by Crippen LogP contribution is 2.48. The van der Waals surface area contributed by atoms with Gasteiger partial charge in [-0.25, -0.2) is 0 Å². The van der Waals surface area contributed by atoms with Crippen LogP contribution >= 0.6 is 23.2 Å². The molecule has 2 aliphatic rings. The normalized spacial score (nSPS) is 26.5. The van der Waals surface area contributed by atoms with E-state index in [1.54, 1.807) is 0 Å². The number of nitrogens with zero attached hydrogens (tertiary/aromatic N) is 1. The molecule has 0 saturated heterocycles. The van der Waals surface area contributed by atoms with Gasteiger partial charge in [-0.1, -0.05) is 74.3 Å². The summed E-state index contributed by atoms with van der Waals surface area (Å²) in [4.78, 5) is 0. The Morgan fingerprint density at radius 2 is 1.81 bits per heavy atom. The first-order valence-corrected chi connectivity index (χ1v) is 12.1. The minimum atomic E-state index is 0.188. The first-order chi connectivity index (χ1) is 14.9. The van der Waals surface area contributed by atoms with Crippen LogP contribution in [0.25, 0.3) is 0 Å². The van der Waals surface area contributed by atoms with Crippen molar-refractivity contribution in [2.45, 2.75) is 51.6 Å². The summed E-state index contributed by atoms with van der Waals surface area (Å²) in [5, 5.41) is 1.55. The predicted octanol–water partition coefficient (Wildman–Crippen LogP) is 7.52. The van der Waals surface area contributed by atoms with E-state index in [9.17, 15) is 0 Å². The van der Waals surface area contributed by atoms with Crippen molar-refractivity contribution in [3.63, 3.8) is 0 Å². The van der Waals surface area contributed by atoms with E-state index in [0.717, 1.165) is 35.4 Å². The quantitative estimate of drug-likeness (QED) is 0.323. The molecule has 2 nitrogen and oxygen atoms in total. The first-order valence-electron chi connectivity index (χ1n) is 11.3. The second kappa shape index (κ2) is 9.38. The highest BCUT2D eigenvalue weighted by Gasteiger charge is 2.53. The van der Waals surface area contributed by atoms with Gasteiger partial charge in [-0.3, -0.25) is 0 Å². The van der Waals surface area contributed by atoms with E-state index in [0.29, 0.717) is 29.7 Å². The Bertz CT molecular complexity index is 965. The van der Waals surface area contributed by atoms with Crippen LogP contribution in [0.15, 0.2) is 61.2 Å². The topological polar surface area (TPSA) is 12.2 Å². The van der Waals surface area contributed by atoms with Gasteiger partial charge < -0.3 is 4.74 Å². The molecule has 0 bridgehead atoms. The van der Waals surface area contributed by atoms with Crippen LogP contribution in [0.1, 0.15) is 56.7 Å². The maximum absolute atomic E-state index is 6.45. The van der Waals surface area contributed by atoms with Crippen molar-refractivity contribution in [3.05, 3.63) is 82.4 Å². The second-order valence-corrected chi connectivity index (χ2v) is 10.2. The van der Waals surface area contributed by atoms with Gasteiger partial charge in [0.1, 0.15) is 0 Å². The highest BCUT2D eigenvalue weighted by atomic mass is 35.5. The third kappa shape index (κ3) is 4.43. The van der Waals surface area contributed by atoms with Crippen LogP contribution in [-0.2, 0) is 4.74 Å². The van der Waals surface area contributed by atoms with Gasteiger partial charge in [0, 0.05) is 21.5 Å². The van der Waals surface area contributed by atoms with Crippen LogP contribution < -0.4 is 0 Å². The minimum Gasteiger partial charge on any atom is -0.441 e. The zero-order chi connectivity index (χ0) is 22.1. The maximum Gasteiger partial charge on any atom is 0.340 e. The van der Waals surface area contributed by atoms with Crippen molar-refractivity contribution in [2.24, 2.45) is 17.8 Å². The molecule has 0 N–H and O–H groups in total. The molecule has 0 aromatic heterocycles. The monoisotopic (exact) mass is 456 g/mol.